The molecule has 4 rings (SSSR count). The van der Waals surface area contributed by atoms with E-state index in [4.69, 9.17) is 14.2 Å². The van der Waals surface area contributed by atoms with E-state index < -0.39 is 5.79 Å². The highest BCUT2D eigenvalue weighted by atomic mass is 16.7. The minimum atomic E-state index is -1.27. The van der Waals surface area contributed by atoms with Crippen LogP contribution in [0.25, 0.3) is 0 Å². The topological polar surface area (TPSA) is 48.0 Å². The Labute approximate surface area is 178 Å². The summed E-state index contributed by atoms with van der Waals surface area (Å²) in [6.07, 6.45) is 4.80. The molecule has 0 N–H and O–H groups in total. The molecule has 2 heterocycles. The molecule has 1 fully saturated rings. The van der Waals surface area contributed by atoms with Gasteiger partial charge in [0.15, 0.2) is 0 Å². The first-order valence-corrected chi connectivity index (χ1v) is 11.1. The normalized spacial score (nSPS) is 17.4. The third-order valence-corrected chi connectivity index (χ3v) is 5.74. The minimum Gasteiger partial charge on any atom is -0.494 e. The monoisotopic (exact) mass is 409 g/mol. The number of anilines is 1. The zero-order valence-corrected chi connectivity index (χ0v) is 18.0. The number of unbranched alkanes of at least 4 members (excludes halogenated alkanes) is 1. The van der Waals surface area contributed by atoms with Gasteiger partial charge in [-0.2, -0.15) is 0 Å². The van der Waals surface area contributed by atoms with Gasteiger partial charge in [0.25, 0.3) is 11.7 Å². The van der Waals surface area contributed by atoms with Gasteiger partial charge >= 0.3 is 0 Å². The molecular formula is C25H31NO4. The number of hydrogen-bond donors (Lipinski definition) is 0. The fraction of sp³-hybridized carbons (Fsp3) is 0.480. The molecule has 2 aliphatic heterocycles. The minimum absolute atomic E-state index is 0.111. The van der Waals surface area contributed by atoms with Crippen LogP contribution >= 0.6 is 0 Å². The molecule has 1 saturated heterocycles. The average molecular weight is 410 g/mol. The lowest BCUT2D eigenvalue weighted by molar-refractivity contribution is -0.256. The van der Waals surface area contributed by atoms with Crippen molar-refractivity contribution in [3.05, 3.63) is 59.2 Å². The van der Waals surface area contributed by atoms with Crippen molar-refractivity contribution in [1.29, 1.82) is 0 Å². The van der Waals surface area contributed by atoms with Gasteiger partial charge in [0.05, 0.1) is 25.5 Å². The number of hydrogen-bond acceptors (Lipinski definition) is 4. The molecule has 0 aromatic heterocycles. The van der Waals surface area contributed by atoms with Crippen LogP contribution < -0.4 is 9.64 Å². The third kappa shape index (κ3) is 4.09. The van der Waals surface area contributed by atoms with Crippen LogP contribution in [0.2, 0.25) is 0 Å². The van der Waals surface area contributed by atoms with Gasteiger partial charge in [-0.3, -0.25) is 4.79 Å². The summed E-state index contributed by atoms with van der Waals surface area (Å²) in [5.74, 6) is -0.521. The molecule has 0 radical (unpaired) electrons. The number of carbonyl (C=O) groups is 1. The summed E-state index contributed by atoms with van der Waals surface area (Å²) >= 11 is 0. The molecule has 2 aromatic rings. The van der Waals surface area contributed by atoms with Crippen LogP contribution in [0.3, 0.4) is 0 Å². The highest BCUT2D eigenvalue weighted by Gasteiger charge is 2.54. The first-order valence-electron chi connectivity index (χ1n) is 11.1. The first kappa shape index (κ1) is 20.9. The Balaban J connectivity index is 1.49. The number of aryl methyl sites for hydroxylation is 2. The van der Waals surface area contributed by atoms with E-state index in [0.29, 0.717) is 26.4 Å². The second-order valence-corrected chi connectivity index (χ2v) is 8.10. The van der Waals surface area contributed by atoms with Gasteiger partial charge in [0.1, 0.15) is 5.75 Å². The molecule has 30 heavy (non-hydrogen) atoms. The van der Waals surface area contributed by atoms with E-state index in [-0.39, 0.29) is 5.91 Å². The van der Waals surface area contributed by atoms with Crippen molar-refractivity contribution < 1.29 is 19.0 Å². The van der Waals surface area contributed by atoms with Gasteiger partial charge < -0.3 is 19.1 Å². The van der Waals surface area contributed by atoms with Crippen LogP contribution in [0.4, 0.5) is 5.69 Å². The summed E-state index contributed by atoms with van der Waals surface area (Å²) in [6, 6.07) is 14.3. The predicted molar refractivity (Wildman–Crippen MR) is 117 cm³/mol. The van der Waals surface area contributed by atoms with E-state index in [1.165, 1.54) is 11.1 Å². The van der Waals surface area contributed by atoms with Gasteiger partial charge in [0, 0.05) is 12.1 Å². The van der Waals surface area contributed by atoms with Gasteiger partial charge in [-0.15, -0.1) is 0 Å². The van der Waals surface area contributed by atoms with Crippen LogP contribution in [-0.4, -0.2) is 32.3 Å². The predicted octanol–water partition coefficient (Wildman–Crippen LogP) is 4.74. The van der Waals surface area contributed by atoms with Crippen LogP contribution in [-0.2, 0) is 26.5 Å². The fourth-order valence-corrected chi connectivity index (χ4v) is 4.17. The molecule has 5 heteroatoms. The highest BCUT2D eigenvalue weighted by molar-refractivity contribution is 6.06. The molecule has 0 atom stereocenters. The lowest BCUT2D eigenvalue weighted by Gasteiger charge is -2.32. The van der Waals surface area contributed by atoms with Gasteiger partial charge in [-0.25, -0.2) is 0 Å². The van der Waals surface area contributed by atoms with Crippen LogP contribution in [0.1, 0.15) is 49.3 Å². The van der Waals surface area contributed by atoms with Crippen LogP contribution in [0.5, 0.6) is 5.75 Å². The lowest BCUT2D eigenvalue weighted by atomic mass is 10.00. The Kier molecular flexibility index (Phi) is 6.40. The van der Waals surface area contributed by atoms with Crippen molar-refractivity contribution in [2.45, 2.75) is 51.7 Å². The Bertz CT molecular complexity index is 888. The van der Waals surface area contributed by atoms with Gasteiger partial charge in [0.2, 0.25) is 0 Å². The van der Waals surface area contributed by atoms with Crippen LogP contribution in [0, 0.1) is 6.92 Å². The molecule has 0 bridgehead atoms. The van der Waals surface area contributed by atoms with Crippen molar-refractivity contribution >= 4 is 11.6 Å². The van der Waals surface area contributed by atoms with Crippen molar-refractivity contribution in [3.63, 3.8) is 0 Å². The molecule has 160 valence electrons. The van der Waals surface area contributed by atoms with Crippen molar-refractivity contribution in [2.24, 2.45) is 0 Å². The number of ether oxygens (including phenoxy) is 3. The number of amides is 1. The van der Waals surface area contributed by atoms with E-state index in [2.05, 4.69) is 25.1 Å². The smallest absolute Gasteiger partial charge is 0.292 e. The van der Waals surface area contributed by atoms with Gasteiger partial charge in [-0.1, -0.05) is 31.5 Å². The Hall–Kier alpha value is -2.37. The number of fused-ring (bicyclic) bond motifs is 2. The van der Waals surface area contributed by atoms with Crippen molar-refractivity contribution in [1.82, 2.24) is 0 Å². The standard InChI is InChI=1S/C25H31NO4/c1-3-4-9-20-11-12-23-22(18-20)25(29-15-7-16-30-25)24(27)26(23)13-6-14-28-21-10-5-8-19(2)17-21/h5,8,10-12,17-18H,3-4,6-7,9,13-16H2,1-2H3. The Morgan fingerprint density at radius 1 is 1.10 bits per heavy atom. The molecular weight excluding hydrogens is 378 g/mol. The zero-order valence-electron chi connectivity index (χ0n) is 18.0. The quantitative estimate of drug-likeness (QED) is 0.591. The average Bonchev–Trinajstić information content (AvgIpc) is 2.98. The fourth-order valence-electron chi connectivity index (χ4n) is 4.17. The number of carbonyl (C=O) groups excluding carboxylic acids is 1. The molecule has 1 spiro atoms. The summed E-state index contributed by atoms with van der Waals surface area (Å²) in [7, 11) is 0. The molecule has 5 nitrogen and oxygen atoms in total. The Morgan fingerprint density at radius 2 is 1.93 bits per heavy atom. The summed E-state index contributed by atoms with van der Waals surface area (Å²) in [5, 5.41) is 0. The summed E-state index contributed by atoms with van der Waals surface area (Å²) < 4.78 is 17.9. The van der Waals surface area contributed by atoms with Crippen molar-refractivity contribution in [3.8, 4) is 5.75 Å². The van der Waals surface area contributed by atoms with E-state index >= 15 is 0 Å². The first-order chi connectivity index (χ1) is 14.6. The maximum Gasteiger partial charge on any atom is 0.292 e. The van der Waals surface area contributed by atoms with Crippen molar-refractivity contribution in [2.75, 3.05) is 31.3 Å². The van der Waals surface area contributed by atoms with E-state index in [1.807, 2.05) is 36.1 Å². The van der Waals surface area contributed by atoms with E-state index in [9.17, 15) is 4.79 Å². The van der Waals surface area contributed by atoms with E-state index in [1.54, 1.807) is 0 Å². The maximum absolute atomic E-state index is 13.4. The molecule has 0 saturated carbocycles. The summed E-state index contributed by atoms with van der Waals surface area (Å²) in [4.78, 5) is 15.2. The second-order valence-electron chi connectivity index (χ2n) is 8.10. The number of rotatable bonds is 8. The van der Waals surface area contributed by atoms with Gasteiger partial charge in [-0.05, 0) is 68.0 Å². The maximum atomic E-state index is 13.4. The zero-order chi connectivity index (χ0) is 21.0. The molecule has 0 aliphatic carbocycles. The Morgan fingerprint density at radius 3 is 2.70 bits per heavy atom. The summed E-state index contributed by atoms with van der Waals surface area (Å²) in [5.41, 5.74) is 4.16. The highest BCUT2D eigenvalue weighted by Crippen LogP contribution is 2.45. The van der Waals surface area contributed by atoms with E-state index in [0.717, 1.165) is 49.1 Å². The summed E-state index contributed by atoms with van der Waals surface area (Å²) in [6.45, 7) is 6.42. The molecule has 0 unspecified atom stereocenters. The number of nitrogens with zero attached hydrogens (tertiary/aromatic N) is 1. The molecule has 2 aromatic carbocycles. The largest absolute Gasteiger partial charge is 0.494 e. The third-order valence-electron chi connectivity index (χ3n) is 5.74. The van der Waals surface area contributed by atoms with Crippen LogP contribution in [0.15, 0.2) is 42.5 Å². The molecule has 1 amide bonds. The number of benzene rings is 2. The SMILES string of the molecule is CCCCc1ccc2c(c1)C1(OCCCO1)C(=O)N2CCCOc1cccc(C)c1. The second kappa shape index (κ2) is 9.19. The molecule has 2 aliphatic rings. The lowest BCUT2D eigenvalue weighted by Crippen LogP contribution is -2.47.